The van der Waals surface area contributed by atoms with Crippen molar-refractivity contribution < 1.29 is 4.52 Å². The summed E-state index contributed by atoms with van der Waals surface area (Å²) in [7, 11) is 0. The third-order valence-corrected chi connectivity index (χ3v) is 3.90. The first-order valence-electron chi connectivity index (χ1n) is 7.37. The Morgan fingerprint density at radius 1 is 1.32 bits per heavy atom. The van der Waals surface area contributed by atoms with E-state index in [0.717, 1.165) is 4.57 Å². The van der Waals surface area contributed by atoms with Crippen LogP contribution in [-0.4, -0.2) is 19.3 Å². The zero-order valence-electron chi connectivity index (χ0n) is 13.1. The van der Waals surface area contributed by atoms with Gasteiger partial charge in [0.05, 0.1) is 17.1 Å². The second-order valence-electron chi connectivity index (χ2n) is 5.11. The van der Waals surface area contributed by atoms with Crippen molar-refractivity contribution in [2.45, 2.75) is 20.0 Å². The molecule has 3 rings (SSSR count). The molecule has 0 unspecified atom stereocenters. The summed E-state index contributed by atoms with van der Waals surface area (Å²) in [6, 6.07) is 8.72. The molecule has 0 aliphatic heterocycles. The Morgan fingerprint density at radius 2 is 2.08 bits per heavy atom. The number of aromatic nitrogens is 4. The zero-order valence-corrected chi connectivity index (χ0v) is 13.9. The van der Waals surface area contributed by atoms with Crippen LogP contribution in [0.1, 0.15) is 18.3 Å². The average molecular weight is 358 g/mol. The summed E-state index contributed by atoms with van der Waals surface area (Å²) < 4.78 is 7.34. The second kappa shape index (κ2) is 6.75. The van der Waals surface area contributed by atoms with Gasteiger partial charge in [-0.3, -0.25) is 13.9 Å². The van der Waals surface area contributed by atoms with Crippen molar-refractivity contribution in [1.82, 2.24) is 19.3 Å². The first-order chi connectivity index (χ1) is 12.0. The maximum atomic E-state index is 12.3. The molecule has 0 spiro atoms. The third kappa shape index (κ3) is 3.09. The van der Waals surface area contributed by atoms with Gasteiger partial charge in [0.1, 0.15) is 11.6 Å². The Balaban J connectivity index is 2.03. The molecule has 25 heavy (non-hydrogen) atoms. The van der Waals surface area contributed by atoms with Gasteiger partial charge in [-0.05, 0) is 19.1 Å². The largest absolute Gasteiger partial charge is 0.334 e. The van der Waals surface area contributed by atoms with E-state index in [9.17, 15) is 9.59 Å². The monoisotopic (exact) mass is 357 g/mol. The molecule has 1 aromatic carbocycles. The molecule has 0 aliphatic rings. The van der Waals surface area contributed by atoms with Gasteiger partial charge >= 0.3 is 5.69 Å². The Bertz CT molecular complexity index is 1090. The van der Waals surface area contributed by atoms with Crippen molar-refractivity contribution in [3.63, 3.8) is 0 Å². The van der Waals surface area contributed by atoms with E-state index < -0.39 is 11.2 Å². The van der Waals surface area contributed by atoms with E-state index in [4.69, 9.17) is 21.4 Å². The lowest BCUT2D eigenvalue weighted by atomic mass is 10.2. The number of nitrogens with zero attached hydrogens (tertiary/aromatic N) is 5. The molecule has 0 atom stereocenters. The normalized spacial score (nSPS) is 10.6. The van der Waals surface area contributed by atoms with Gasteiger partial charge in [-0.2, -0.15) is 10.2 Å². The van der Waals surface area contributed by atoms with Gasteiger partial charge in [0.25, 0.3) is 11.4 Å². The topological polar surface area (TPSA) is 107 Å². The highest BCUT2D eigenvalue weighted by atomic mass is 35.5. The van der Waals surface area contributed by atoms with Gasteiger partial charge in [0.15, 0.2) is 5.82 Å². The maximum Gasteiger partial charge on any atom is 0.331 e. The summed E-state index contributed by atoms with van der Waals surface area (Å²) in [4.78, 5) is 28.8. The summed E-state index contributed by atoms with van der Waals surface area (Å²) in [5, 5.41) is 13.3. The molecule has 126 valence electrons. The summed E-state index contributed by atoms with van der Waals surface area (Å²) in [5.41, 5.74) is -0.819. The minimum atomic E-state index is -0.693. The molecule has 0 saturated carbocycles. The standard InChI is InChI=1S/C16H12ClN5O3/c1-2-21-8-10(7-18)15(23)22(16(21)24)9-13-19-14(25-20-13)11-5-3-4-6-12(11)17/h3-6,8H,2,9H2,1H3. The van der Waals surface area contributed by atoms with Crippen LogP contribution in [0.15, 0.2) is 44.6 Å². The predicted octanol–water partition coefficient (Wildman–Crippen LogP) is 1.65. The van der Waals surface area contributed by atoms with Crippen LogP contribution in [0.3, 0.4) is 0 Å². The van der Waals surface area contributed by atoms with E-state index in [1.54, 1.807) is 37.3 Å². The molecule has 0 N–H and O–H groups in total. The van der Waals surface area contributed by atoms with Gasteiger partial charge in [0.2, 0.25) is 0 Å². The van der Waals surface area contributed by atoms with E-state index in [1.807, 2.05) is 0 Å². The van der Waals surface area contributed by atoms with Crippen LogP contribution in [0, 0.1) is 11.3 Å². The molecular formula is C16H12ClN5O3. The second-order valence-corrected chi connectivity index (χ2v) is 5.52. The quantitative estimate of drug-likeness (QED) is 0.702. The molecule has 0 saturated heterocycles. The summed E-state index contributed by atoms with van der Waals surface area (Å²) >= 11 is 6.09. The fourth-order valence-corrected chi connectivity index (χ4v) is 2.52. The number of halogens is 1. The summed E-state index contributed by atoms with van der Waals surface area (Å²) in [6.45, 7) is 1.85. The lowest BCUT2D eigenvalue weighted by Gasteiger charge is -2.07. The van der Waals surface area contributed by atoms with Crippen LogP contribution in [0.5, 0.6) is 0 Å². The van der Waals surface area contributed by atoms with Crippen LogP contribution in [-0.2, 0) is 13.1 Å². The van der Waals surface area contributed by atoms with Crippen LogP contribution >= 0.6 is 11.6 Å². The van der Waals surface area contributed by atoms with Crippen molar-refractivity contribution in [3.05, 3.63) is 67.7 Å². The summed E-state index contributed by atoms with van der Waals surface area (Å²) in [5.74, 6) is 0.313. The SMILES string of the molecule is CCn1cc(C#N)c(=O)n(Cc2noc(-c3ccccc3Cl)n2)c1=O. The van der Waals surface area contributed by atoms with Gasteiger partial charge in [-0.15, -0.1) is 0 Å². The Labute approximate surface area is 146 Å². The first-order valence-corrected chi connectivity index (χ1v) is 7.74. The molecule has 3 aromatic rings. The van der Waals surface area contributed by atoms with Crippen molar-refractivity contribution in [1.29, 1.82) is 5.26 Å². The lowest BCUT2D eigenvalue weighted by Crippen LogP contribution is -2.41. The maximum absolute atomic E-state index is 12.3. The molecule has 8 nitrogen and oxygen atoms in total. The molecule has 0 amide bonds. The lowest BCUT2D eigenvalue weighted by molar-refractivity contribution is 0.418. The van der Waals surface area contributed by atoms with Crippen LogP contribution in [0.2, 0.25) is 5.02 Å². The highest BCUT2D eigenvalue weighted by Crippen LogP contribution is 2.25. The highest BCUT2D eigenvalue weighted by Gasteiger charge is 2.16. The van der Waals surface area contributed by atoms with E-state index >= 15 is 0 Å². The van der Waals surface area contributed by atoms with Crippen LogP contribution in [0.25, 0.3) is 11.5 Å². The number of hydrogen-bond donors (Lipinski definition) is 0. The van der Waals surface area contributed by atoms with Gasteiger partial charge in [-0.1, -0.05) is 28.9 Å². The molecule has 2 heterocycles. The van der Waals surface area contributed by atoms with E-state index in [1.165, 1.54) is 10.8 Å². The predicted molar refractivity (Wildman–Crippen MR) is 89.2 cm³/mol. The van der Waals surface area contributed by atoms with Crippen molar-refractivity contribution in [3.8, 4) is 17.5 Å². The van der Waals surface area contributed by atoms with Crippen LogP contribution < -0.4 is 11.2 Å². The van der Waals surface area contributed by atoms with E-state index in [2.05, 4.69) is 10.1 Å². The van der Waals surface area contributed by atoms with Crippen molar-refractivity contribution in [2.24, 2.45) is 0 Å². The highest BCUT2D eigenvalue weighted by molar-refractivity contribution is 6.33. The Kier molecular flexibility index (Phi) is 4.50. The van der Waals surface area contributed by atoms with Crippen LogP contribution in [0.4, 0.5) is 0 Å². The molecule has 0 radical (unpaired) electrons. The molecular weight excluding hydrogens is 346 g/mol. The zero-order chi connectivity index (χ0) is 18.0. The fraction of sp³-hybridized carbons (Fsp3) is 0.188. The first kappa shape index (κ1) is 16.7. The minimum Gasteiger partial charge on any atom is -0.334 e. The third-order valence-electron chi connectivity index (χ3n) is 3.57. The molecule has 0 aliphatic carbocycles. The molecule has 0 bridgehead atoms. The number of rotatable bonds is 4. The van der Waals surface area contributed by atoms with Gasteiger partial charge in [-0.25, -0.2) is 4.79 Å². The number of hydrogen-bond acceptors (Lipinski definition) is 6. The molecule has 0 fully saturated rings. The number of aryl methyl sites for hydroxylation is 1. The number of nitriles is 1. The van der Waals surface area contributed by atoms with Gasteiger partial charge in [0, 0.05) is 12.7 Å². The minimum absolute atomic E-state index is 0.128. The molecule has 9 heteroatoms. The summed E-state index contributed by atoms with van der Waals surface area (Å²) in [6.07, 6.45) is 1.24. The van der Waals surface area contributed by atoms with E-state index in [0.29, 0.717) is 17.1 Å². The average Bonchev–Trinajstić information content (AvgIpc) is 3.08. The number of benzene rings is 1. The molecule has 2 aromatic heterocycles. The Morgan fingerprint density at radius 3 is 2.76 bits per heavy atom. The Hall–Kier alpha value is -3.18. The van der Waals surface area contributed by atoms with Crippen molar-refractivity contribution >= 4 is 11.6 Å². The smallest absolute Gasteiger partial charge is 0.331 e. The van der Waals surface area contributed by atoms with Gasteiger partial charge < -0.3 is 4.52 Å². The fourth-order valence-electron chi connectivity index (χ4n) is 2.30. The van der Waals surface area contributed by atoms with E-state index in [-0.39, 0.29) is 23.8 Å². The van der Waals surface area contributed by atoms with Crippen molar-refractivity contribution in [2.75, 3.05) is 0 Å².